The van der Waals surface area contributed by atoms with Crippen LogP contribution in [-0.2, 0) is 14.3 Å². The number of unbranched alkanes of at least 4 members (excludes halogenated alkanes) is 6. The molecule has 208 valence electrons. The van der Waals surface area contributed by atoms with E-state index in [4.69, 9.17) is 9.47 Å². The van der Waals surface area contributed by atoms with Crippen LogP contribution >= 0.6 is 0 Å². The van der Waals surface area contributed by atoms with E-state index in [1.54, 1.807) is 6.92 Å². The van der Waals surface area contributed by atoms with E-state index in [9.17, 15) is 9.59 Å². The molecule has 38 heavy (non-hydrogen) atoms. The number of amides is 2. The first-order chi connectivity index (χ1) is 18.3. The molecule has 2 amide bonds. The van der Waals surface area contributed by atoms with Crippen molar-refractivity contribution in [3.05, 3.63) is 77.2 Å². The van der Waals surface area contributed by atoms with Crippen LogP contribution in [0.4, 0.5) is 4.79 Å². The van der Waals surface area contributed by atoms with E-state index in [1.807, 2.05) is 51.1 Å². The number of allylic oxidation sites excluding steroid dienone is 5. The van der Waals surface area contributed by atoms with Crippen molar-refractivity contribution in [3.8, 4) is 0 Å². The maximum absolute atomic E-state index is 13.1. The second-order valence-electron chi connectivity index (χ2n) is 9.93. The summed E-state index contributed by atoms with van der Waals surface area (Å²) in [6.07, 6.45) is 15.1. The maximum Gasteiger partial charge on any atom is 0.338 e. The molecule has 6 heteroatoms. The van der Waals surface area contributed by atoms with Gasteiger partial charge in [0.1, 0.15) is 5.76 Å². The first-order valence-electron chi connectivity index (χ1n) is 14.1. The Hall–Kier alpha value is -3.28. The Morgan fingerprint density at radius 3 is 2.45 bits per heavy atom. The third kappa shape index (κ3) is 9.88. The Morgan fingerprint density at radius 1 is 1.08 bits per heavy atom. The molecule has 0 saturated carbocycles. The van der Waals surface area contributed by atoms with Crippen molar-refractivity contribution in [2.45, 2.75) is 98.1 Å². The standard InChI is InChI=1S/C32H46N2O4/c1-7-9-10-11-12-13-14-19-26(20-17-18-24(5)37-8-2)27-21-15-16-22-28(27)30-29(31(35)38-23(3)4)25(6)33-32(36)34-30/h15-18,20-23,30H,5,7-14,19H2,1-4,6H3,(H2,33,34,36). The van der Waals surface area contributed by atoms with E-state index in [1.165, 1.54) is 32.1 Å². The average molecular weight is 523 g/mol. The van der Waals surface area contributed by atoms with Crippen molar-refractivity contribution in [1.82, 2.24) is 10.6 Å². The number of nitrogens with one attached hydrogen (secondary N) is 2. The van der Waals surface area contributed by atoms with Gasteiger partial charge in [-0.25, -0.2) is 9.59 Å². The summed E-state index contributed by atoms with van der Waals surface area (Å²) in [5.74, 6) is 0.172. The largest absolute Gasteiger partial charge is 0.495 e. The monoisotopic (exact) mass is 522 g/mol. The molecule has 2 N–H and O–H groups in total. The van der Waals surface area contributed by atoms with Gasteiger partial charge >= 0.3 is 12.0 Å². The van der Waals surface area contributed by atoms with Gasteiger partial charge in [0.25, 0.3) is 0 Å². The van der Waals surface area contributed by atoms with Crippen LogP contribution in [-0.4, -0.2) is 24.7 Å². The summed E-state index contributed by atoms with van der Waals surface area (Å²) in [5, 5.41) is 5.69. The molecule has 1 aromatic rings. The minimum absolute atomic E-state index is 0.271. The third-order valence-corrected chi connectivity index (χ3v) is 6.41. The number of hydrogen-bond donors (Lipinski definition) is 2. The van der Waals surface area contributed by atoms with Crippen molar-refractivity contribution < 1.29 is 19.1 Å². The fraction of sp³-hybridized carbons (Fsp3) is 0.500. The summed E-state index contributed by atoms with van der Waals surface area (Å²) in [7, 11) is 0. The molecule has 1 aliphatic heterocycles. The van der Waals surface area contributed by atoms with Crippen molar-refractivity contribution in [3.63, 3.8) is 0 Å². The Labute approximate surface area is 229 Å². The lowest BCUT2D eigenvalue weighted by atomic mass is 9.87. The van der Waals surface area contributed by atoms with Gasteiger partial charge in [0.15, 0.2) is 0 Å². The zero-order chi connectivity index (χ0) is 27.9. The predicted octanol–water partition coefficient (Wildman–Crippen LogP) is 7.90. The highest BCUT2D eigenvalue weighted by atomic mass is 16.5. The van der Waals surface area contributed by atoms with E-state index in [0.717, 1.165) is 36.0 Å². The van der Waals surface area contributed by atoms with E-state index in [2.05, 4.69) is 36.3 Å². The highest BCUT2D eigenvalue weighted by molar-refractivity contribution is 5.95. The van der Waals surface area contributed by atoms with Gasteiger partial charge in [-0.1, -0.05) is 88.4 Å². The number of carbonyl (C=O) groups is 2. The zero-order valence-corrected chi connectivity index (χ0v) is 23.9. The Morgan fingerprint density at radius 2 is 1.76 bits per heavy atom. The van der Waals surface area contributed by atoms with Gasteiger partial charge in [-0.05, 0) is 63.3 Å². The van der Waals surface area contributed by atoms with Gasteiger partial charge in [0.2, 0.25) is 0 Å². The zero-order valence-electron chi connectivity index (χ0n) is 23.9. The van der Waals surface area contributed by atoms with E-state index in [0.29, 0.717) is 23.6 Å². The molecule has 1 atom stereocenters. The van der Waals surface area contributed by atoms with Crippen molar-refractivity contribution >= 4 is 17.6 Å². The third-order valence-electron chi connectivity index (χ3n) is 6.41. The molecule has 1 unspecified atom stereocenters. The van der Waals surface area contributed by atoms with E-state index >= 15 is 0 Å². The summed E-state index contributed by atoms with van der Waals surface area (Å²) < 4.78 is 11.0. The highest BCUT2D eigenvalue weighted by Gasteiger charge is 2.34. The minimum atomic E-state index is -0.619. The second kappa shape index (κ2) is 16.5. The maximum atomic E-state index is 13.1. The van der Waals surface area contributed by atoms with Crippen LogP contribution in [0.2, 0.25) is 0 Å². The Balaban J connectivity index is 2.41. The topological polar surface area (TPSA) is 76.7 Å². The summed E-state index contributed by atoms with van der Waals surface area (Å²) in [5.41, 5.74) is 3.92. The van der Waals surface area contributed by atoms with Gasteiger partial charge in [-0.3, -0.25) is 0 Å². The predicted molar refractivity (Wildman–Crippen MR) is 155 cm³/mol. The molecule has 1 heterocycles. The van der Waals surface area contributed by atoms with Crippen molar-refractivity contribution in [2.24, 2.45) is 0 Å². The van der Waals surface area contributed by atoms with Gasteiger partial charge in [0, 0.05) is 5.70 Å². The van der Waals surface area contributed by atoms with Crippen LogP contribution < -0.4 is 10.6 Å². The smallest absolute Gasteiger partial charge is 0.338 e. The molecule has 1 aliphatic rings. The first-order valence-corrected chi connectivity index (χ1v) is 14.1. The van der Waals surface area contributed by atoms with E-state index < -0.39 is 12.0 Å². The molecule has 0 radical (unpaired) electrons. The van der Waals surface area contributed by atoms with Gasteiger partial charge in [0.05, 0.1) is 24.3 Å². The number of hydrogen-bond acceptors (Lipinski definition) is 4. The second-order valence-corrected chi connectivity index (χ2v) is 9.93. The quantitative estimate of drug-likeness (QED) is 0.100. The molecular formula is C32H46N2O4. The van der Waals surface area contributed by atoms with Crippen LogP contribution in [0.15, 0.2) is 66.1 Å². The number of benzene rings is 1. The van der Waals surface area contributed by atoms with Gasteiger partial charge < -0.3 is 20.1 Å². The minimum Gasteiger partial charge on any atom is -0.495 e. The fourth-order valence-corrected chi connectivity index (χ4v) is 4.60. The molecule has 0 aliphatic carbocycles. The molecule has 1 aromatic carbocycles. The lowest BCUT2D eigenvalue weighted by Crippen LogP contribution is -2.45. The number of rotatable bonds is 16. The lowest BCUT2D eigenvalue weighted by molar-refractivity contribution is -0.143. The number of carbonyl (C=O) groups excluding carboxylic acids is 2. The summed E-state index contributed by atoms with van der Waals surface area (Å²) in [6.45, 7) is 14.0. The van der Waals surface area contributed by atoms with Gasteiger partial charge in [-0.2, -0.15) is 0 Å². The average Bonchev–Trinajstić information content (AvgIpc) is 2.86. The van der Waals surface area contributed by atoms with Crippen molar-refractivity contribution in [1.29, 1.82) is 0 Å². The van der Waals surface area contributed by atoms with Crippen LogP contribution in [0.3, 0.4) is 0 Å². The highest BCUT2D eigenvalue weighted by Crippen LogP contribution is 2.35. The summed E-state index contributed by atoms with van der Waals surface area (Å²) >= 11 is 0. The molecule has 0 aromatic heterocycles. The Kier molecular flexibility index (Phi) is 13.5. The molecule has 0 fully saturated rings. The number of urea groups is 1. The van der Waals surface area contributed by atoms with Crippen LogP contribution in [0, 0.1) is 0 Å². The van der Waals surface area contributed by atoms with Crippen LogP contribution in [0.25, 0.3) is 5.57 Å². The lowest BCUT2D eigenvalue weighted by Gasteiger charge is -2.30. The number of ether oxygens (including phenoxy) is 2. The fourth-order valence-electron chi connectivity index (χ4n) is 4.60. The van der Waals surface area contributed by atoms with Crippen LogP contribution in [0.5, 0.6) is 0 Å². The molecule has 0 bridgehead atoms. The SMILES string of the molecule is C=C(C=CC=C(CCCCCCCCC)c1ccccc1C1NC(=O)NC(C)=C1C(=O)OC(C)C)OCC. The number of esters is 1. The normalized spacial score (nSPS) is 16.0. The molecule has 6 nitrogen and oxygen atoms in total. The summed E-state index contributed by atoms with van der Waals surface area (Å²) in [4.78, 5) is 25.6. The summed E-state index contributed by atoms with van der Waals surface area (Å²) in [6, 6.07) is 7.00. The van der Waals surface area contributed by atoms with Crippen LogP contribution in [0.1, 0.15) is 103 Å². The molecule has 0 saturated heterocycles. The van der Waals surface area contributed by atoms with E-state index in [-0.39, 0.29) is 12.1 Å². The van der Waals surface area contributed by atoms with Gasteiger partial charge in [-0.15, -0.1) is 0 Å². The molecular weight excluding hydrogens is 476 g/mol. The molecule has 2 rings (SSSR count). The first kappa shape index (κ1) is 30.9. The molecule has 0 spiro atoms. The Bertz CT molecular complexity index is 1040. The van der Waals surface area contributed by atoms with Crippen molar-refractivity contribution in [2.75, 3.05) is 6.61 Å².